The van der Waals surface area contributed by atoms with Gasteiger partial charge in [0.1, 0.15) is 17.9 Å². The number of urea groups is 1. The fourth-order valence-corrected chi connectivity index (χ4v) is 3.74. The first-order valence-electron chi connectivity index (χ1n) is 9.00. The van der Waals surface area contributed by atoms with Crippen LogP contribution in [-0.4, -0.2) is 30.0 Å². The molecule has 0 aliphatic carbocycles. The van der Waals surface area contributed by atoms with Crippen molar-refractivity contribution in [2.75, 3.05) is 13.2 Å². The summed E-state index contributed by atoms with van der Waals surface area (Å²) in [5, 5.41) is 5.30. The van der Waals surface area contributed by atoms with E-state index in [1.807, 2.05) is 54.6 Å². The van der Waals surface area contributed by atoms with E-state index in [9.17, 15) is 9.59 Å². The lowest BCUT2D eigenvalue weighted by Crippen LogP contribution is -2.41. The molecule has 0 spiro atoms. The summed E-state index contributed by atoms with van der Waals surface area (Å²) < 4.78 is 5.63. The standard InChI is InChI=1S/C22H19ClN2O3/c1-22(17-10-6-8-15-7-2-3-9-16(15)17)20(26)25(21(27)24-22)13-14-28-19-12-5-4-11-18(19)23/h2-12H,13-14H2,1H3,(H,24,27). The average molecular weight is 395 g/mol. The summed E-state index contributed by atoms with van der Waals surface area (Å²) in [5.41, 5.74) is -0.346. The monoisotopic (exact) mass is 394 g/mol. The van der Waals surface area contributed by atoms with Crippen LogP contribution in [0, 0.1) is 0 Å². The topological polar surface area (TPSA) is 58.6 Å². The number of carbonyl (C=O) groups excluding carboxylic acids is 2. The van der Waals surface area contributed by atoms with E-state index in [4.69, 9.17) is 16.3 Å². The van der Waals surface area contributed by atoms with Gasteiger partial charge in [0.2, 0.25) is 0 Å². The quantitative estimate of drug-likeness (QED) is 0.655. The number of nitrogens with one attached hydrogen (secondary N) is 1. The highest BCUT2D eigenvalue weighted by Gasteiger charge is 2.49. The van der Waals surface area contributed by atoms with Crippen LogP contribution in [0.5, 0.6) is 5.75 Å². The number of nitrogens with zero attached hydrogens (tertiary/aromatic N) is 1. The van der Waals surface area contributed by atoms with Crippen molar-refractivity contribution >= 4 is 34.3 Å². The summed E-state index contributed by atoms with van der Waals surface area (Å²) in [5.74, 6) is 0.227. The highest BCUT2D eigenvalue weighted by Crippen LogP contribution is 2.33. The normalized spacial score (nSPS) is 19.1. The summed E-state index contributed by atoms with van der Waals surface area (Å²) in [6.07, 6.45) is 0. The highest BCUT2D eigenvalue weighted by molar-refractivity contribution is 6.32. The molecule has 0 bridgehead atoms. The van der Waals surface area contributed by atoms with Gasteiger partial charge in [-0.05, 0) is 35.4 Å². The molecular formula is C22H19ClN2O3. The lowest BCUT2D eigenvalue weighted by atomic mass is 9.88. The minimum atomic E-state index is -1.12. The predicted octanol–water partition coefficient (Wildman–Crippen LogP) is 4.34. The molecule has 28 heavy (non-hydrogen) atoms. The van der Waals surface area contributed by atoms with Crippen molar-refractivity contribution in [2.45, 2.75) is 12.5 Å². The number of halogens is 1. The number of hydrogen-bond donors (Lipinski definition) is 1. The maximum Gasteiger partial charge on any atom is 0.325 e. The van der Waals surface area contributed by atoms with E-state index in [0.29, 0.717) is 10.8 Å². The van der Waals surface area contributed by atoms with E-state index in [-0.39, 0.29) is 19.1 Å². The Labute approximate surface area is 167 Å². The third-order valence-electron chi connectivity index (χ3n) is 5.01. The zero-order valence-electron chi connectivity index (χ0n) is 15.3. The van der Waals surface area contributed by atoms with Crippen molar-refractivity contribution in [3.05, 3.63) is 77.3 Å². The van der Waals surface area contributed by atoms with Gasteiger partial charge in [-0.2, -0.15) is 0 Å². The third-order valence-corrected chi connectivity index (χ3v) is 5.32. The van der Waals surface area contributed by atoms with E-state index in [1.54, 1.807) is 19.1 Å². The van der Waals surface area contributed by atoms with E-state index in [1.165, 1.54) is 4.90 Å². The average Bonchev–Trinajstić information content (AvgIpc) is 2.92. The Balaban J connectivity index is 1.55. The molecule has 1 aliphatic rings. The van der Waals surface area contributed by atoms with Crippen LogP contribution in [0.4, 0.5) is 4.79 Å². The molecule has 1 unspecified atom stereocenters. The van der Waals surface area contributed by atoms with Gasteiger partial charge in [-0.25, -0.2) is 4.79 Å². The number of fused-ring (bicyclic) bond motifs is 1. The van der Waals surface area contributed by atoms with Crippen LogP contribution in [0.2, 0.25) is 5.02 Å². The fraction of sp³-hybridized carbons (Fsp3) is 0.182. The second-order valence-electron chi connectivity index (χ2n) is 6.82. The molecule has 1 saturated heterocycles. The van der Waals surface area contributed by atoms with Crippen LogP contribution in [0.1, 0.15) is 12.5 Å². The van der Waals surface area contributed by atoms with E-state index >= 15 is 0 Å². The molecule has 0 saturated carbocycles. The van der Waals surface area contributed by atoms with E-state index in [0.717, 1.165) is 16.3 Å². The number of imide groups is 1. The Hall–Kier alpha value is -3.05. The van der Waals surface area contributed by atoms with Crippen molar-refractivity contribution in [3.8, 4) is 5.75 Å². The summed E-state index contributed by atoms with van der Waals surface area (Å²) in [7, 11) is 0. The molecule has 1 N–H and O–H groups in total. The van der Waals surface area contributed by atoms with Crippen molar-refractivity contribution in [1.29, 1.82) is 0 Å². The van der Waals surface area contributed by atoms with Gasteiger partial charge in [-0.15, -0.1) is 0 Å². The largest absolute Gasteiger partial charge is 0.490 e. The molecule has 142 valence electrons. The lowest BCUT2D eigenvalue weighted by Gasteiger charge is -2.24. The van der Waals surface area contributed by atoms with Crippen LogP contribution in [0.3, 0.4) is 0 Å². The molecule has 1 aliphatic heterocycles. The van der Waals surface area contributed by atoms with Crippen LogP contribution >= 0.6 is 11.6 Å². The van der Waals surface area contributed by atoms with Crippen molar-refractivity contribution in [3.63, 3.8) is 0 Å². The number of rotatable bonds is 5. The molecule has 3 aromatic rings. The number of carbonyl (C=O) groups is 2. The van der Waals surface area contributed by atoms with Crippen molar-refractivity contribution in [2.24, 2.45) is 0 Å². The Morgan fingerprint density at radius 3 is 2.54 bits per heavy atom. The maximum atomic E-state index is 13.2. The number of para-hydroxylation sites is 1. The molecule has 6 heteroatoms. The molecule has 3 aromatic carbocycles. The maximum absolute atomic E-state index is 13.2. The molecule has 5 nitrogen and oxygen atoms in total. The van der Waals surface area contributed by atoms with Crippen LogP contribution in [-0.2, 0) is 10.3 Å². The molecule has 0 aromatic heterocycles. The minimum Gasteiger partial charge on any atom is -0.490 e. The zero-order valence-corrected chi connectivity index (χ0v) is 16.1. The highest BCUT2D eigenvalue weighted by atomic mass is 35.5. The third kappa shape index (κ3) is 3.08. The number of ether oxygens (including phenoxy) is 1. The van der Waals surface area contributed by atoms with Gasteiger partial charge in [0.15, 0.2) is 0 Å². The Morgan fingerprint density at radius 2 is 1.71 bits per heavy atom. The van der Waals surface area contributed by atoms with Crippen LogP contribution in [0.25, 0.3) is 10.8 Å². The second kappa shape index (κ2) is 7.17. The first-order valence-corrected chi connectivity index (χ1v) is 9.38. The van der Waals surface area contributed by atoms with Gasteiger partial charge in [0, 0.05) is 0 Å². The molecule has 3 amide bonds. The SMILES string of the molecule is CC1(c2cccc3ccccc23)NC(=O)N(CCOc2ccccc2Cl)C1=O. The summed E-state index contributed by atoms with van der Waals surface area (Å²) in [6.45, 7) is 2.04. The summed E-state index contributed by atoms with van der Waals surface area (Å²) in [6, 6.07) is 20.2. The van der Waals surface area contributed by atoms with Crippen molar-refractivity contribution < 1.29 is 14.3 Å². The van der Waals surface area contributed by atoms with Gasteiger partial charge in [0.05, 0.1) is 11.6 Å². The van der Waals surface area contributed by atoms with Gasteiger partial charge in [0.25, 0.3) is 5.91 Å². The summed E-state index contributed by atoms with van der Waals surface area (Å²) in [4.78, 5) is 26.9. The Bertz CT molecular complexity index is 1060. The molecule has 1 heterocycles. The first kappa shape index (κ1) is 18.3. The first-order chi connectivity index (χ1) is 13.5. The Kier molecular flexibility index (Phi) is 4.69. The number of amides is 3. The van der Waals surface area contributed by atoms with E-state index < -0.39 is 11.6 Å². The number of benzene rings is 3. The molecular weight excluding hydrogens is 376 g/mol. The van der Waals surface area contributed by atoms with Gasteiger partial charge in [-0.3, -0.25) is 9.69 Å². The lowest BCUT2D eigenvalue weighted by molar-refractivity contribution is -0.131. The molecule has 4 rings (SSSR count). The minimum absolute atomic E-state index is 0.135. The smallest absolute Gasteiger partial charge is 0.325 e. The molecule has 0 radical (unpaired) electrons. The number of hydrogen-bond acceptors (Lipinski definition) is 3. The van der Waals surface area contributed by atoms with Gasteiger partial charge < -0.3 is 10.1 Å². The second-order valence-corrected chi connectivity index (χ2v) is 7.22. The fourth-order valence-electron chi connectivity index (χ4n) is 3.55. The Morgan fingerprint density at radius 1 is 1.00 bits per heavy atom. The van der Waals surface area contributed by atoms with Crippen LogP contribution in [0.15, 0.2) is 66.7 Å². The van der Waals surface area contributed by atoms with E-state index in [2.05, 4.69) is 5.32 Å². The predicted molar refractivity (Wildman–Crippen MR) is 108 cm³/mol. The zero-order chi connectivity index (χ0) is 19.7. The van der Waals surface area contributed by atoms with Crippen LogP contribution < -0.4 is 10.1 Å². The summed E-state index contributed by atoms with van der Waals surface area (Å²) >= 11 is 6.07. The van der Waals surface area contributed by atoms with Gasteiger partial charge in [-0.1, -0.05) is 66.2 Å². The van der Waals surface area contributed by atoms with Gasteiger partial charge >= 0.3 is 6.03 Å². The molecule has 1 fully saturated rings. The molecule has 1 atom stereocenters. The van der Waals surface area contributed by atoms with Crippen molar-refractivity contribution in [1.82, 2.24) is 10.2 Å².